The molecule has 3 aromatic rings. The van der Waals surface area contributed by atoms with Crippen molar-refractivity contribution in [2.75, 3.05) is 20.1 Å². The van der Waals surface area contributed by atoms with Crippen LogP contribution in [0.2, 0.25) is 0 Å². The number of rotatable bonds is 7. The number of likely N-dealkylation sites (tertiary alicyclic amines) is 1. The summed E-state index contributed by atoms with van der Waals surface area (Å²) < 4.78 is 0. The van der Waals surface area contributed by atoms with E-state index in [0.717, 1.165) is 35.5 Å². The van der Waals surface area contributed by atoms with Gasteiger partial charge >= 0.3 is 0 Å². The molecule has 2 aromatic heterocycles. The first-order chi connectivity index (χ1) is 16.4. The predicted octanol–water partition coefficient (Wildman–Crippen LogP) is 4.15. The van der Waals surface area contributed by atoms with Crippen molar-refractivity contribution >= 4 is 5.91 Å². The van der Waals surface area contributed by atoms with E-state index < -0.39 is 11.1 Å². The van der Waals surface area contributed by atoms with Gasteiger partial charge in [0.25, 0.3) is 0 Å². The van der Waals surface area contributed by atoms with E-state index in [-0.39, 0.29) is 11.3 Å². The van der Waals surface area contributed by atoms with Gasteiger partial charge in [-0.25, -0.2) is 0 Å². The lowest BCUT2D eigenvalue weighted by molar-refractivity contribution is -0.127. The maximum atomic E-state index is 12.4. The van der Waals surface area contributed by atoms with Gasteiger partial charge in [-0.2, -0.15) is 5.10 Å². The van der Waals surface area contributed by atoms with Crippen molar-refractivity contribution in [2.45, 2.75) is 58.6 Å². The maximum absolute atomic E-state index is 12.4. The summed E-state index contributed by atoms with van der Waals surface area (Å²) in [6, 6.07) is 12.2. The normalized spacial score (nSPS) is 17.6. The third-order valence-corrected chi connectivity index (χ3v) is 7.30. The molecule has 0 unspecified atom stereocenters. The number of nitrogens with zero attached hydrogens (tertiary/aromatic N) is 3. The number of nitrogens with one attached hydrogen (secondary N) is 2. The van der Waals surface area contributed by atoms with Gasteiger partial charge in [-0.3, -0.25) is 14.9 Å². The SMILES string of the molecule is CC(=O)NC(C)(C)c1cc(-c2cncc([C@@](O)(c3ccc(C(C)C)cc3)C3(C)CN(C)C3)c2)n[nH]1. The maximum Gasteiger partial charge on any atom is 0.217 e. The minimum absolute atomic E-state index is 0.109. The zero-order valence-corrected chi connectivity index (χ0v) is 21.8. The van der Waals surface area contributed by atoms with Gasteiger partial charge in [0, 0.05) is 48.9 Å². The fourth-order valence-corrected chi connectivity index (χ4v) is 5.42. The molecule has 0 aliphatic carbocycles. The molecule has 1 aromatic carbocycles. The highest BCUT2D eigenvalue weighted by Gasteiger charge is 2.55. The molecular weight excluding hydrogens is 438 g/mol. The summed E-state index contributed by atoms with van der Waals surface area (Å²) in [6.07, 6.45) is 3.52. The fourth-order valence-electron chi connectivity index (χ4n) is 5.42. The Hall–Kier alpha value is -3.03. The van der Waals surface area contributed by atoms with E-state index in [2.05, 4.69) is 65.3 Å². The summed E-state index contributed by atoms with van der Waals surface area (Å²) in [5.74, 6) is 0.310. The summed E-state index contributed by atoms with van der Waals surface area (Å²) in [5.41, 5.74) is 2.98. The Labute approximate surface area is 208 Å². The number of aliphatic hydroxyl groups is 1. The second-order valence-corrected chi connectivity index (χ2v) is 11.2. The van der Waals surface area contributed by atoms with Crippen LogP contribution in [-0.2, 0) is 15.9 Å². The van der Waals surface area contributed by atoms with Gasteiger partial charge in [0.1, 0.15) is 5.60 Å². The number of amides is 1. The molecule has 3 N–H and O–H groups in total. The lowest BCUT2D eigenvalue weighted by Gasteiger charge is -2.55. The van der Waals surface area contributed by atoms with E-state index in [1.54, 1.807) is 12.4 Å². The average molecular weight is 476 g/mol. The molecule has 1 atom stereocenters. The molecule has 1 amide bonds. The lowest BCUT2D eigenvalue weighted by Crippen LogP contribution is -2.63. The number of hydrogen-bond donors (Lipinski definition) is 3. The number of H-pyrrole nitrogens is 1. The Balaban J connectivity index is 1.76. The second-order valence-electron chi connectivity index (χ2n) is 11.2. The standard InChI is InChI=1S/C28H37N5O2/c1-18(2)20-8-10-22(11-9-20)28(35,27(6)16-33(7)17-27)23-12-21(14-29-15-23)24-13-25(32-31-24)26(4,5)30-19(3)34/h8-15,18,35H,16-17H2,1-7H3,(H,30,34)(H,31,32)/t28-/m0/s1. The van der Waals surface area contributed by atoms with Crippen molar-refractivity contribution < 1.29 is 9.90 Å². The summed E-state index contributed by atoms with van der Waals surface area (Å²) >= 11 is 0. The largest absolute Gasteiger partial charge is 0.380 e. The highest BCUT2D eigenvalue weighted by Crippen LogP contribution is 2.50. The molecule has 1 saturated heterocycles. The number of benzene rings is 1. The molecule has 7 heteroatoms. The van der Waals surface area contributed by atoms with Crippen molar-refractivity contribution in [1.29, 1.82) is 0 Å². The average Bonchev–Trinajstić information content (AvgIpc) is 3.28. The summed E-state index contributed by atoms with van der Waals surface area (Å²) in [6.45, 7) is 13.4. The number of aromatic amines is 1. The third-order valence-electron chi connectivity index (χ3n) is 7.30. The molecule has 186 valence electrons. The quantitative estimate of drug-likeness (QED) is 0.477. The van der Waals surface area contributed by atoms with Crippen LogP contribution in [-0.4, -0.2) is 51.2 Å². The van der Waals surface area contributed by atoms with Crippen LogP contribution in [0.3, 0.4) is 0 Å². The minimum Gasteiger partial charge on any atom is -0.380 e. The first-order valence-corrected chi connectivity index (χ1v) is 12.2. The van der Waals surface area contributed by atoms with Crippen molar-refractivity contribution in [3.8, 4) is 11.3 Å². The van der Waals surface area contributed by atoms with Gasteiger partial charge in [-0.1, -0.05) is 45.0 Å². The number of pyridine rings is 1. The monoisotopic (exact) mass is 475 g/mol. The van der Waals surface area contributed by atoms with Gasteiger partial charge in [0.2, 0.25) is 5.91 Å². The highest BCUT2D eigenvalue weighted by atomic mass is 16.3. The van der Waals surface area contributed by atoms with Gasteiger partial charge in [-0.05, 0) is 50.1 Å². The van der Waals surface area contributed by atoms with E-state index in [1.807, 2.05) is 38.1 Å². The first kappa shape index (κ1) is 25.1. The number of carbonyl (C=O) groups excluding carboxylic acids is 1. The van der Waals surface area contributed by atoms with E-state index in [0.29, 0.717) is 11.6 Å². The van der Waals surface area contributed by atoms with Crippen LogP contribution in [0.15, 0.2) is 48.8 Å². The summed E-state index contributed by atoms with van der Waals surface area (Å²) in [7, 11) is 2.07. The second kappa shape index (κ2) is 8.88. The number of hydrogen-bond acceptors (Lipinski definition) is 5. The first-order valence-electron chi connectivity index (χ1n) is 12.2. The van der Waals surface area contributed by atoms with Crippen molar-refractivity contribution in [3.63, 3.8) is 0 Å². The van der Waals surface area contributed by atoms with Crippen molar-refractivity contribution in [3.05, 3.63) is 71.2 Å². The molecule has 1 fully saturated rings. The van der Waals surface area contributed by atoms with E-state index in [1.165, 1.54) is 12.5 Å². The molecule has 0 saturated carbocycles. The van der Waals surface area contributed by atoms with E-state index in [9.17, 15) is 9.90 Å². The molecule has 4 rings (SSSR count). The molecule has 1 aliphatic heterocycles. The van der Waals surface area contributed by atoms with Gasteiger partial charge in [0.05, 0.1) is 16.9 Å². The molecule has 0 radical (unpaired) electrons. The third kappa shape index (κ3) is 4.50. The molecule has 35 heavy (non-hydrogen) atoms. The van der Waals surface area contributed by atoms with Crippen LogP contribution in [0.25, 0.3) is 11.3 Å². The topological polar surface area (TPSA) is 94.1 Å². The van der Waals surface area contributed by atoms with Crippen LogP contribution in [0.4, 0.5) is 0 Å². The fraction of sp³-hybridized carbons (Fsp3) is 0.464. The Kier molecular flexibility index (Phi) is 6.36. The molecule has 0 bridgehead atoms. The number of aromatic nitrogens is 3. The highest BCUT2D eigenvalue weighted by molar-refractivity contribution is 5.74. The van der Waals surface area contributed by atoms with Gasteiger partial charge in [0.15, 0.2) is 0 Å². The Morgan fingerprint density at radius 1 is 1.14 bits per heavy atom. The van der Waals surface area contributed by atoms with Crippen LogP contribution in [0, 0.1) is 5.41 Å². The van der Waals surface area contributed by atoms with Crippen LogP contribution < -0.4 is 5.32 Å². The zero-order valence-electron chi connectivity index (χ0n) is 21.8. The Bertz CT molecular complexity index is 1210. The molecule has 3 heterocycles. The smallest absolute Gasteiger partial charge is 0.217 e. The minimum atomic E-state index is -1.22. The van der Waals surface area contributed by atoms with Gasteiger partial charge < -0.3 is 15.3 Å². The molecular formula is C28H37N5O2. The molecule has 7 nitrogen and oxygen atoms in total. The summed E-state index contributed by atoms with van der Waals surface area (Å²) in [4.78, 5) is 18.4. The van der Waals surface area contributed by atoms with Crippen LogP contribution in [0.5, 0.6) is 0 Å². The van der Waals surface area contributed by atoms with E-state index >= 15 is 0 Å². The van der Waals surface area contributed by atoms with Crippen LogP contribution >= 0.6 is 0 Å². The lowest BCUT2D eigenvalue weighted by atomic mass is 9.62. The predicted molar refractivity (Wildman–Crippen MR) is 138 cm³/mol. The Morgan fingerprint density at radius 3 is 2.37 bits per heavy atom. The van der Waals surface area contributed by atoms with Crippen molar-refractivity contribution in [1.82, 2.24) is 25.4 Å². The van der Waals surface area contributed by atoms with E-state index in [4.69, 9.17) is 0 Å². The summed E-state index contributed by atoms with van der Waals surface area (Å²) in [5, 5.41) is 22.9. The molecule has 0 spiro atoms. The van der Waals surface area contributed by atoms with Gasteiger partial charge in [-0.15, -0.1) is 0 Å². The molecule has 1 aliphatic rings. The van der Waals surface area contributed by atoms with Crippen molar-refractivity contribution in [2.24, 2.45) is 5.41 Å². The zero-order chi connectivity index (χ0) is 25.6. The Morgan fingerprint density at radius 2 is 1.80 bits per heavy atom. The van der Waals surface area contributed by atoms with Crippen LogP contribution in [0.1, 0.15) is 69.8 Å². The number of carbonyl (C=O) groups is 1.